The SMILES string of the molecule is CC=CCS(=O)(=O)CC(O)COc1c(C)cccc1C. The van der Waals surface area contributed by atoms with Crippen molar-refractivity contribution in [3.05, 3.63) is 41.5 Å². The van der Waals surface area contributed by atoms with Crippen molar-refractivity contribution in [1.29, 1.82) is 0 Å². The molecule has 4 nitrogen and oxygen atoms in total. The molecule has 0 spiro atoms. The molecule has 0 radical (unpaired) electrons. The number of benzene rings is 1. The number of aliphatic hydroxyl groups excluding tert-OH is 1. The Morgan fingerprint density at radius 3 is 2.45 bits per heavy atom. The van der Waals surface area contributed by atoms with E-state index in [0.29, 0.717) is 5.75 Å². The van der Waals surface area contributed by atoms with E-state index >= 15 is 0 Å². The maximum Gasteiger partial charge on any atom is 0.156 e. The average Bonchev–Trinajstić information content (AvgIpc) is 2.35. The molecular weight excluding hydrogens is 276 g/mol. The predicted octanol–water partition coefficient (Wildman–Crippen LogP) is 2.03. The van der Waals surface area contributed by atoms with Crippen molar-refractivity contribution in [2.45, 2.75) is 26.9 Å². The Balaban J connectivity index is 2.58. The minimum absolute atomic E-state index is 0.0270. The molecule has 0 saturated heterocycles. The van der Waals surface area contributed by atoms with Gasteiger partial charge in [-0.2, -0.15) is 0 Å². The highest BCUT2D eigenvalue weighted by Crippen LogP contribution is 2.22. The van der Waals surface area contributed by atoms with Crippen LogP contribution in [0.1, 0.15) is 18.1 Å². The minimum atomic E-state index is -3.28. The van der Waals surface area contributed by atoms with E-state index in [1.807, 2.05) is 32.0 Å². The monoisotopic (exact) mass is 298 g/mol. The fraction of sp³-hybridized carbons (Fsp3) is 0.467. The number of hydrogen-bond donors (Lipinski definition) is 1. The van der Waals surface area contributed by atoms with Crippen LogP contribution in [0.15, 0.2) is 30.4 Å². The van der Waals surface area contributed by atoms with E-state index in [1.165, 1.54) is 0 Å². The van der Waals surface area contributed by atoms with E-state index in [4.69, 9.17) is 4.74 Å². The highest BCUT2D eigenvalue weighted by atomic mass is 32.2. The van der Waals surface area contributed by atoms with Crippen LogP contribution in [0.25, 0.3) is 0 Å². The van der Waals surface area contributed by atoms with E-state index in [9.17, 15) is 13.5 Å². The number of rotatable bonds is 7. The third-order valence-corrected chi connectivity index (χ3v) is 4.45. The van der Waals surface area contributed by atoms with E-state index in [1.54, 1.807) is 19.1 Å². The van der Waals surface area contributed by atoms with Crippen molar-refractivity contribution in [2.24, 2.45) is 0 Å². The number of aryl methyl sites for hydroxylation is 2. The highest BCUT2D eigenvalue weighted by Gasteiger charge is 2.17. The first-order chi connectivity index (χ1) is 9.35. The van der Waals surface area contributed by atoms with Crippen LogP contribution >= 0.6 is 0 Å². The molecule has 0 bridgehead atoms. The summed E-state index contributed by atoms with van der Waals surface area (Å²) in [5.74, 6) is 0.365. The van der Waals surface area contributed by atoms with Gasteiger partial charge in [-0.25, -0.2) is 8.42 Å². The Kier molecular flexibility index (Phi) is 6.23. The second-order valence-corrected chi connectivity index (χ2v) is 6.99. The molecule has 0 aliphatic carbocycles. The first-order valence-electron chi connectivity index (χ1n) is 6.54. The Hall–Kier alpha value is -1.33. The molecule has 1 aromatic rings. The number of para-hydroxylation sites is 1. The Bertz CT molecular complexity index is 541. The molecule has 0 aliphatic heterocycles. The smallest absolute Gasteiger partial charge is 0.156 e. The highest BCUT2D eigenvalue weighted by molar-refractivity contribution is 7.91. The maximum atomic E-state index is 11.7. The van der Waals surface area contributed by atoms with Gasteiger partial charge in [0.2, 0.25) is 0 Å². The van der Waals surface area contributed by atoms with Gasteiger partial charge >= 0.3 is 0 Å². The molecule has 1 atom stereocenters. The molecule has 0 saturated carbocycles. The fourth-order valence-corrected chi connectivity index (χ4v) is 3.16. The van der Waals surface area contributed by atoms with Crippen molar-refractivity contribution in [2.75, 3.05) is 18.1 Å². The number of ether oxygens (including phenoxy) is 1. The molecule has 112 valence electrons. The van der Waals surface area contributed by atoms with Crippen LogP contribution < -0.4 is 4.74 Å². The molecule has 0 amide bonds. The Morgan fingerprint density at radius 1 is 1.30 bits per heavy atom. The van der Waals surface area contributed by atoms with Crippen molar-refractivity contribution in [3.63, 3.8) is 0 Å². The summed E-state index contributed by atoms with van der Waals surface area (Å²) in [5, 5.41) is 9.80. The van der Waals surface area contributed by atoms with E-state index in [-0.39, 0.29) is 18.1 Å². The third kappa shape index (κ3) is 5.35. The first kappa shape index (κ1) is 16.7. The van der Waals surface area contributed by atoms with Crippen LogP contribution in [-0.4, -0.2) is 37.7 Å². The normalized spacial score (nSPS) is 13.6. The summed E-state index contributed by atoms with van der Waals surface area (Å²) in [6.07, 6.45) is 2.22. The Labute approximate surface area is 121 Å². The van der Waals surface area contributed by atoms with Crippen LogP contribution in [-0.2, 0) is 9.84 Å². The maximum absolute atomic E-state index is 11.7. The number of allylic oxidation sites excluding steroid dienone is 1. The van der Waals surface area contributed by atoms with Gasteiger partial charge in [-0.1, -0.05) is 30.4 Å². The van der Waals surface area contributed by atoms with Gasteiger partial charge in [0.1, 0.15) is 18.5 Å². The molecule has 0 aromatic heterocycles. The van der Waals surface area contributed by atoms with Gasteiger partial charge in [0.15, 0.2) is 9.84 Å². The van der Waals surface area contributed by atoms with Crippen molar-refractivity contribution in [3.8, 4) is 5.75 Å². The number of sulfone groups is 1. The molecule has 0 fully saturated rings. The van der Waals surface area contributed by atoms with Gasteiger partial charge in [0.25, 0.3) is 0 Å². The lowest BCUT2D eigenvalue weighted by Gasteiger charge is -2.15. The van der Waals surface area contributed by atoms with Gasteiger partial charge in [0.05, 0.1) is 11.5 Å². The zero-order valence-corrected chi connectivity index (χ0v) is 13.0. The lowest BCUT2D eigenvalue weighted by molar-refractivity contribution is 0.124. The summed E-state index contributed by atoms with van der Waals surface area (Å²) in [6.45, 7) is 5.56. The molecule has 5 heteroatoms. The lowest BCUT2D eigenvalue weighted by Crippen LogP contribution is -2.28. The van der Waals surface area contributed by atoms with Crippen molar-refractivity contribution in [1.82, 2.24) is 0 Å². The quantitative estimate of drug-likeness (QED) is 0.782. The largest absolute Gasteiger partial charge is 0.490 e. The molecule has 0 aliphatic rings. The zero-order chi connectivity index (χ0) is 15.2. The summed E-state index contributed by atoms with van der Waals surface area (Å²) >= 11 is 0. The summed E-state index contributed by atoms with van der Waals surface area (Å²) in [7, 11) is -3.28. The van der Waals surface area contributed by atoms with Crippen LogP contribution in [0, 0.1) is 13.8 Å². The zero-order valence-electron chi connectivity index (χ0n) is 12.2. The first-order valence-corrected chi connectivity index (χ1v) is 8.36. The van der Waals surface area contributed by atoms with Gasteiger partial charge in [-0.15, -0.1) is 0 Å². The van der Waals surface area contributed by atoms with Crippen LogP contribution in [0.2, 0.25) is 0 Å². The molecule has 20 heavy (non-hydrogen) atoms. The molecule has 1 unspecified atom stereocenters. The van der Waals surface area contributed by atoms with Gasteiger partial charge in [-0.3, -0.25) is 0 Å². The molecule has 1 N–H and O–H groups in total. The van der Waals surface area contributed by atoms with Crippen LogP contribution in [0.5, 0.6) is 5.75 Å². The second kappa shape index (κ2) is 7.45. The van der Waals surface area contributed by atoms with E-state index in [0.717, 1.165) is 11.1 Å². The van der Waals surface area contributed by atoms with Crippen molar-refractivity contribution < 1.29 is 18.3 Å². The summed E-state index contributed by atoms with van der Waals surface area (Å²) in [5.41, 5.74) is 1.93. The van der Waals surface area contributed by atoms with E-state index in [2.05, 4.69) is 0 Å². The molecule has 1 aromatic carbocycles. The summed E-state index contributed by atoms with van der Waals surface area (Å²) < 4.78 is 28.9. The number of aliphatic hydroxyl groups is 1. The molecule has 0 heterocycles. The second-order valence-electron chi connectivity index (χ2n) is 4.83. The fourth-order valence-electron chi connectivity index (χ4n) is 1.86. The third-order valence-electron chi connectivity index (χ3n) is 2.86. The van der Waals surface area contributed by atoms with Crippen LogP contribution in [0.4, 0.5) is 0 Å². The number of hydrogen-bond acceptors (Lipinski definition) is 4. The summed E-state index contributed by atoms with van der Waals surface area (Å²) in [4.78, 5) is 0. The molecule has 1 rings (SSSR count). The van der Waals surface area contributed by atoms with Gasteiger partial charge < -0.3 is 9.84 Å². The molecular formula is C15H22O4S. The average molecular weight is 298 g/mol. The Morgan fingerprint density at radius 2 is 1.90 bits per heavy atom. The van der Waals surface area contributed by atoms with Crippen molar-refractivity contribution >= 4 is 9.84 Å². The standard InChI is InChI=1S/C15H22O4S/c1-4-5-9-20(17,18)11-14(16)10-19-15-12(2)7-6-8-13(15)3/h4-8,14,16H,9-11H2,1-3H3. The van der Waals surface area contributed by atoms with Gasteiger partial charge in [0, 0.05) is 0 Å². The van der Waals surface area contributed by atoms with Gasteiger partial charge in [-0.05, 0) is 31.9 Å². The van der Waals surface area contributed by atoms with Crippen LogP contribution in [0.3, 0.4) is 0 Å². The summed E-state index contributed by atoms with van der Waals surface area (Å²) in [6, 6.07) is 5.75. The van der Waals surface area contributed by atoms with E-state index < -0.39 is 15.9 Å². The predicted molar refractivity (Wildman–Crippen MR) is 80.9 cm³/mol. The minimum Gasteiger partial charge on any atom is -0.490 e. The topological polar surface area (TPSA) is 63.6 Å². The lowest BCUT2D eigenvalue weighted by atomic mass is 10.1.